The van der Waals surface area contributed by atoms with Crippen molar-refractivity contribution >= 4 is 6.09 Å². The molecule has 0 radical (unpaired) electrons. The summed E-state index contributed by atoms with van der Waals surface area (Å²) in [5.41, 5.74) is 0.896. The minimum Gasteiger partial charge on any atom is -0.497 e. The predicted molar refractivity (Wildman–Crippen MR) is 91.9 cm³/mol. The molecule has 0 unspecified atom stereocenters. The molecule has 128 valence electrons. The summed E-state index contributed by atoms with van der Waals surface area (Å²) >= 11 is 0. The number of rotatable bonds is 3. The standard InChI is InChI=1S/C19H29NO3/c1-6-14-13-20(18(21)23-19(2,3)4)12-11-17(14)15-7-9-16(22-5)10-8-15/h7-10,14,17H,6,11-13H2,1-5H3/t14-,17-/m1/s1. The smallest absolute Gasteiger partial charge is 0.410 e. The molecular weight excluding hydrogens is 290 g/mol. The van der Waals surface area contributed by atoms with E-state index in [-0.39, 0.29) is 6.09 Å². The number of benzene rings is 1. The molecule has 1 heterocycles. The molecule has 0 saturated carbocycles. The van der Waals surface area contributed by atoms with E-state index >= 15 is 0 Å². The second-order valence-electron chi connectivity index (χ2n) is 7.26. The molecule has 1 amide bonds. The molecule has 1 aromatic carbocycles. The van der Waals surface area contributed by atoms with Crippen LogP contribution in [0.25, 0.3) is 0 Å². The molecule has 2 atom stereocenters. The fourth-order valence-corrected chi connectivity index (χ4v) is 3.23. The number of amides is 1. The highest BCUT2D eigenvalue weighted by Crippen LogP contribution is 2.36. The number of carbonyl (C=O) groups is 1. The summed E-state index contributed by atoms with van der Waals surface area (Å²) < 4.78 is 10.7. The Morgan fingerprint density at radius 3 is 2.43 bits per heavy atom. The van der Waals surface area contributed by atoms with Crippen molar-refractivity contribution in [2.75, 3.05) is 20.2 Å². The fraction of sp³-hybridized carbons (Fsp3) is 0.632. The van der Waals surface area contributed by atoms with E-state index in [1.165, 1.54) is 5.56 Å². The van der Waals surface area contributed by atoms with Crippen LogP contribution in [-0.4, -0.2) is 36.8 Å². The summed E-state index contributed by atoms with van der Waals surface area (Å²) in [6, 6.07) is 8.33. The molecule has 4 heteroatoms. The van der Waals surface area contributed by atoms with Crippen LogP contribution in [0.4, 0.5) is 4.79 Å². The Morgan fingerprint density at radius 1 is 1.26 bits per heavy atom. The summed E-state index contributed by atoms with van der Waals surface area (Å²) in [6.45, 7) is 9.44. The van der Waals surface area contributed by atoms with Gasteiger partial charge >= 0.3 is 6.09 Å². The van der Waals surface area contributed by atoms with E-state index in [1.54, 1.807) is 7.11 Å². The van der Waals surface area contributed by atoms with Crippen LogP contribution in [0.3, 0.4) is 0 Å². The first-order valence-electron chi connectivity index (χ1n) is 8.46. The van der Waals surface area contributed by atoms with Crippen molar-refractivity contribution in [3.8, 4) is 5.75 Å². The summed E-state index contributed by atoms with van der Waals surface area (Å²) in [5.74, 6) is 1.84. The lowest BCUT2D eigenvalue weighted by molar-refractivity contribution is 0.0142. The van der Waals surface area contributed by atoms with E-state index in [4.69, 9.17) is 9.47 Å². The molecule has 1 fully saturated rings. The molecule has 0 spiro atoms. The third-order valence-electron chi connectivity index (χ3n) is 4.45. The van der Waals surface area contributed by atoms with Gasteiger partial charge in [0.15, 0.2) is 0 Å². The number of hydrogen-bond acceptors (Lipinski definition) is 3. The highest BCUT2D eigenvalue weighted by atomic mass is 16.6. The van der Waals surface area contributed by atoms with Crippen molar-refractivity contribution in [3.63, 3.8) is 0 Å². The minimum absolute atomic E-state index is 0.191. The Bertz CT molecular complexity index is 518. The first-order chi connectivity index (χ1) is 10.8. The molecule has 2 rings (SSSR count). The van der Waals surface area contributed by atoms with Gasteiger partial charge in [-0.15, -0.1) is 0 Å². The molecule has 1 aliphatic rings. The quantitative estimate of drug-likeness (QED) is 0.826. The van der Waals surface area contributed by atoms with Crippen LogP contribution < -0.4 is 4.74 Å². The fourth-order valence-electron chi connectivity index (χ4n) is 3.23. The van der Waals surface area contributed by atoms with E-state index in [0.717, 1.165) is 31.7 Å². The molecule has 4 nitrogen and oxygen atoms in total. The first kappa shape index (κ1) is 17.6. The molecule has 0 aliphatic carbocycles. The second kappa shape index (κ2) is 7.24. The number of likely N-dealkylation sites (tertiary alicyclic amines) is 1. The Hall–Kier alpha value is -1.71. The number of carbonyl (C=O) groups excluding carboxylic acids is 1. The summed E-state index contributed by atoms with van der Waals surface area (Å²) in [5, 5.41) is 0. The Kier molecular flexibility index (Phi) is 5.55. The van der Waals surface area contributed by atoms with E-state index in [9.17, 15) is 4.79 Å². The third kappa shape index (κ3) is 4.63. The van der Waals surface area contributed by atoms with E-state index < -0.39 is 5.60 Å². The van der Waals surface area contributed by atoms with Gasteiger partial charge in [-0.25, -0.2) is 4.79 Å². The highest BCUT2D eigenvalue weighted by Gasteiger charge is 2.33. The largest absolute Gasteiger partial charge is 0.497 e. The van der Waals surface area contributed by atoms with Crippen LogP contribution in [0, 0.1) is 5.92 Å². The molecule has 1 saturated heterocycles. The van der Waals surface area contributed by atoms with Crippen molar-refractivity contribution in [3.05, 3.63) is 29.8 Å². The number of ether oxygens (including phenoxy) is 2. The van der Waals surface area contributed by atoms with Gasteiger partial charge < -0.3 is 14.4 Å². The van der Waals surface area contributed by atoms with E-state index in [2.05, 4.69) is 19.1 Å². The second-order valence-corrected chi connectivity index (χ2v) is 7.26. The maximum Gasteiger partial charge on any atom is 0.410 e. The van der Waals surface area contributed by atoms with Crippen LogP contribution in [-0.2, 0) is 4.74 Å². The number of hydrogen-bond donors (Lipinski definition) is 0. The van der Waals surface area contributed by atoms with Gasteiger partial charge in [-0.1, -0.05) is 25.5 Å². The average molecular weight is 319 g/mol. The molecule has 1 aliphatic heterocycles. The van der Waals surface area contributed by atoms with Crippen molar-refractivity contribution in [1.29, 1.82) is 0 Å². The molecule has 0 N–H and O–H groups in total. The van der Waals surface area contributed by atoms with Crippen LogP contribution in [0.1, 0.15) is 52.0 Å². The van der Waals surface area contributed by atoms with Crippen LogP contribution >= 0.6 is 0 Å². The number of nitrogens with zero attached hydrogens (tertiary/aromatic N) is 1. The van der Waals surface area contributed by atoms with Crippen LogP contribution in [0.2, 0.25) is 0 Å². The Morgan fingerprint density at radius 2 is 1.91 bits per heavy atom. The van der Waals surface area contributed by atoms with Crippen molar-refractivity contribution in [1.82, 2.24) is 4.90 Å². The first-order valence-corrected chi connectivity index (χ1v) is 8.46. The highest BCUT2D eigenvalue weighted by molar-refractivity contribution is 5.68. The number of methoxy groups -OCH3 is 1. The van der Waals surface area contributed by atoms with Crippen molar-refractivity contribution in [2.24, 2.45) is 5.92 Å². The van der Waals surface area contributed by atoms with E-state index in [0.29, 0.717) is 11.8 Å². The predicted octanol–water partition coefficient (Wildman–Crippen LogP) is 4.45. The molecular formula is C19H29NO3. The average Bonchev–Trinajstić information content (AvgIpc) is 2.52. The van der Waals surface area contributed by atoms with Gasteiger partial charge in [0.25, 0.3) is 0 Å². The van der Waals surface area contributed by atoms with Gasteiger partial charge in [0.05, 0.1) is 7.11 Å². The lowest BCUT2D eigenvalue weighted by Crippen LogP contribution is -2.45. The minimum atomic E-state index is -0.439. The maximum absolute atomic E-state index is 12.3. The summed E-state index contributed by atoms with van der Waals surface area (Å²) in [7, 11) is 1.68. The molecule has 1 aromatic rings. The monoisotopic (exact) mass is 319 g/mol. The maximum atomic E-state index is 12.3. The lowest BCUT2D eigenvalue weighted by Gasteiger charge is -2.39. The Labute approximate surface area is 139 Å². The Balaban J connectivity index is 2.05. The van der Waals surface area contributed by atoms with Gasteiger partial charge in [0.2, 0.25) is 0 Å². The van der Waals surface area contributed by atoms with Gasteiger partial charge in [-0.3, -0.25) is 0 Å². The topological polar surface area (TPSA) is 38.8 Å². The van der Waals surface area contributed by atoms with Gasteiger partial charge in [-0.2, -0.15) is 0 Å². The molecule has 23 heavy (non-hydrogen) atoms. The molecule has 0 aromatic heterocycles. The zero-order valence-electron chi connectivity index (χ0n) is 15.0. The van der Waals surface area contributed by atoms with Gasteiger partial charge in [0, 0.05) is 13.1 Å². The lowest BCUT2D eigenvalue weighted by atomic mass is 9.79. The zero-order valence-corrected chi connectivity index (χ0v) is 15.0. The van der Waals surface area contributed by atoms with Crippen LogP contribution in [0.15, 0.2) is 24.3 Å². The van der Waals surface area contributed by atoms with E-state index in [1.807, 2.05) is 37.8 Å². The van der Waals surface area contributed by atoms with Crippen molar-refractivity contribution in [2.45, 2.75) is 52.1 Å². The normalized spacial score (nSPS) is 21.9. The third-order valence-corrected chi connectivity index (χ3v) is 4.45. The SMILES string of the molecule is CC[C@@H]1CN(C(=O)OC(C)(C)C)CC[C@H]1c1ccc(OC)cc1. The summed E-state index contributed by atoms with van der Waals surface area (Å²) in [6.07, 6.45) is 1.84. The summed E-state index contributed by atoms with van der Waals surface area (Å²) in [4.78, 5) is 14.1. The van der Waals surface area contributed by atoms with Crippen molar-refractivity contribution < 1.29 is 14.3 Å². The van der Waals surface area contributed by atoms with Gasteiger partial charge in [-0.05, 0) is 56.7 Å². The van der Waals surface area contributed by atoms with Crippen LogP contribution in [0.5, 0.6) is 5.75 Å². The zero-order chi connectivity index (χ0) is 17.0. The number of piperidine rings is 1. The molecule has 0 bridgehead atoms. The van der Waals surface area contributed by atoms with Gasteiger partial charge in [0.1, 0.15) is 11.4 Å².